The summed E-state index contributed by atoms with van der Waals surface area (Å²) in [7, 11) is 0. The summed E-state index contributed by atoms with van der Waals surface area (Å²) in [5.74, 6) is 0. The lowest BCUT2D eigenvalue weighted by Gasteiger charge is -1.96. The van der Waals surface area contributed by atoms with E-state index < -0.39 is 0 Å². The van der Waals surface area contributed by atoms with Gasteiger partial charge in [-0.2, -0.15) is 0 Å². The first kappa shape index (κ1) is 10.0. The van der Waals surface area contributed by atoms with E-state index in [1.807, 2.05) is 19.1 Å². The van der Waals surface area contributed by atoms with Crippen LogP contribution in [0.2, 0.25) is 0 Å². The molecule has 0 spiro atoms. The van der Waals surface area contributed by atoms with Gasteiger partial charge in [-0.05, 0) is 41.6 Å². The Kier molecular flexibility index (Phi) is 2.83. The van der Waals surface area contributed by atoms with Gasteiger partial charge in [-0.3, -0.25) is 0 Å². The zero-order valence-corrected chi connectivity index (χ0v) is 10.7. The fourth-order valence-electron chi connectivity index (χ4n) is 1.30. The van der Waals surface area contributed by atoms with Crippen molar-refractivity contribution in [2.24, 2.45) is 0 Å². The smallest absolute Gasteiger partial charge is 0.175 e. The second-order valence-corrected chi connectivity index (χ2v) is 5.05. The summed E-state index contributed by atoms with van der Waals surface area (Å²) in [6, 6.07) is 6.03. The highest BCUT2D eigenvalue weighted by Crippen LogP contribution is 2.37. The van der Waals surface area contributed by atoms with Crippen LogP contribution in [0.4, 0.5) is 5.69 Å². The van der Waals surface area contributed by atoms with Crippen molar-refractivity contribution in [1.29, 1.82) is 0 Å². The molecule has 1 aromatic carbocycles. The Hall–Kier alpha value is -0.490. The summed E-state index contributed by atoms with van der Waals surface area (Å²) in [5, 5.41) is 2.14. The number of benzene rings is 1. The molecule has 0 amide bonds. The second-order valence-electron chi connectivity index (χ2n) is 2.88. The maximum Gasteiger partial charge on any atom is 0.175 e. The lowest BCUT2D eigenvalue weighted by Crippen LogP contribution is -1.86. The summed E-state index contributed by atoms with van der Waals surface area (Å²) in [5.41, 5.74) is 6.72. The molecule has 0 aliphatic carbocycles. The monoisotopic (exact) mass is 319 g/mol. The highest BCUT2D eigenvalue weighted by Gasteiger charge is 2.07. The van der Waals surface area contributed by atoms with E-state index in [1.165, 1.54) is 8.96 Å². The summed E-state index contributed by atoms with van der Waals surface area (Å²) in [6.07, 6.45) is 0. The molecule has 2 aromatic rings. The molecule has 1 aromatic heterocycles. The minimum atomic E-state index is 0.698. The zero-order valence-electron chi connectivity index (χ0n) is 7.71. The Bertz CT molecular complexity index is 427. The minimum Gasteiger partial charge on any atom is -0.484 e. The van der Waals surface area contributed by atoms with Gasteiger partial charge >= 0.3 is 0 Å². The maximum absolute atomic E-state index is 5.89. The van der Waals surface area contributed by atoms with Crippen LogP contribution in [0.5, 0.6) is 5.06 Å². The van der Waals surface area contributed by atoms with E-state index in [1.54, 1.807) is 11.3 Å². The predicted octanol–water partition coefficient (Wildman–Crippen LogP) is 3.49. The minimum absolute atomic E-state index is 0.698. The Morgan fingerprint density at radius 2 is 2.29 bits per heavy atom. The Morgan fingerprint density at radius 1 is 1.50 bits per heavy atom. The van der Waals surface area contributed by atoms with Crippen LogP contribution in [-0.2, 0) is 0 Å². The first-order chi connectivity index (χ1) is 6.72. The van der Waals surface area contributed by atoms with Crippen LogP contribution in [0.25, 0.3) is 10.1 Å². The number of fused-ring (bicyclic) bond motifs is 1. The van der Waals surface area contributed by atoms with E-state index in [-0.39, 0.29) is 0 Å². The van der Waals surface area contributed by atoms with Crippen LogP contribution < -0.4 is 10.5 Å². The lowest BCUT2D eigenvalue weighted by atomic mass is 10.2. The first-order valence-electron chi connectivity index (χ1n) is 4.32. The van der Waals surface area contributed by atoms with Crippen molar-refractivity contribution in [2.75, 3.05) is 12.3 Å². The van der Waals surface area contributed by atoms with Gasteiger partial charge in [0, 0.05) is 20.7 Å². The van der Waals surface area contributed by atoms with E-state index in [0.717, 1.165) is 15.5 Å². The van der Waals surface area contributed by atoms with Gasteiger partial charge in [-0.1, -0.05) is 11.3 Å². The molecule has 0 fully saturated rings. The SMILES string of the molecule is CCOc1cc2c(I)ccc(N)c2s1. The molecule has 0 radical (unpaired) electrons. The molecule has 0 saturated carbocycles. The Morgan fingerprint density at radius 3 is 2.93 bits per heavy atom. The van der Waals surface area contributed by atoms with Gasteiger partial charge in [0.15, 0.2) is 5.06 Å². The van der Waals surface area contributed by atoms with E-state index in [0.29, 0.717) is 6.61 Å². The van der Waals surface area contributed by atoms with Crippen molar-refractivity contribution in [3.8, 4) is 5.06 Å². The molecule has 0 aliphatic rings. The number of rotatable bonds is 2. The van der Waals surface area contributed by atoms with Crippen molar-refractivity contribution in [2.45, 2.75) is 6.92 Å². The van der Waals surface area contributed by atoms with Crippen LogP contribution in [-0.4, -0.2) is 6.61 Å². The third-order valence-corrected chi connectivity index (χ3v) is 3.96. The number of nitrogen functional groups attached to an aromatic ring is 1. The maximum atomic E-state index is 5.89. The third-order valence-electron chi connectivity index (χ3n) is 1.92. The molecular weight excluding hydrogens is 309 g/mol. The molecule has 2 rings (SSSR count). The number of hydrogen-bond acceptors (Lipinski definition) is 3. The summed E-state index contributed by atoms with van der Waals surface area (Å²) < 4.78 is 7.80. The Labute approximate surface area is 100 Å². The second kappa shape index (κ2) is 3.94. The van der Waals surface area contributed by atoms with Gasteiger partial charge in [0.2, 0.25) is 0 Å². The van der Waals surface area contributed by atoms with Crippen LogP contribution in [0.1, 0.15) is 6.92 Å². The molecule has 0 atom stereocenters. The molecule has 0 aliphatic heterocycles. The van der Waals surface area contributed by atoms with Crippen LogP contribution in [0.3, 0.4) is 0 Å². The lowest BCUT2D eigenvalue weighted by molar-refractivity contribution is 0.350. The molecule has 0 saturated heterocycles. The number of halogens is 1. The average Bonchev–Trinajstić information content (AvgIpc) is 2.57. The first-order valence-corrected chi connectivity index (χ1v) is 6.22. The topological polar surface area (TPSA) is 35.2 Å². The van der Waals surface area contributed by atoms with Gasteiger partial charge in [-0.25, -0.2) is 0 Å². The highest BCUT2D eigenvalue weighted by atomic mass is 127. The van der Waals surface area contributed by atoms with Crippen LogP contribution in [0.15, 0.2) is 18.2 Å². The number of thiophene rings is 1. The van der Waals surface area contributed by atoms with Crippen molar-refractivity contribution in [3.05, 3.63) is 21.8 Å². The quantitative estimate of drug-likeness (QED) is 0.679. The fourth-order valence-corrected chi connectivity index (χ4v) is 3.11. The zero-order chi connectivity index (χ0) is 10.1. The fraction of sp³-hybridized carbons (Fsp3) is 0.200. The normalized spacial score (nSPS) is 10.7. The predicted molar refractivity (Wildman–Crippen MR) is 70.1 cm³/mol. The molecule has 0 unspecified atom stereocenters. The number of nitrogens with two attached hydrogens (primary N) is 1. The van der Waals surface area contributed by atoms with Gasteiger partial charge in [0.05, 0.1) is 11.3 Å². The van der Waals surface area contributed by atoms with E-state index in [4.69, 9.17) is 10.5 Å². The van der Waals surface area contributed by atoms with Crippen LogP contribution in [0, 0.1) is 3.57 Å². The summed E-state index contributed by atoms with van der Waals surface area (Å²) in [6.45, 7) is 2.68. The number of ether oxygens (including phenoxy) is 1. The molecule has 2 nitrogen and oxygen atoms in total. The van der Waals surface area contributed by atoms with Gasteiger partial charge in [-0.15, -0.1) is 0 Å². The largest absolute Gasteiger partial charge is 0.484 e. The molecule has 74 valence electrons. The van der Waals surface area contributed by atoms with Gasteiger partial charge in [0.25, 0.3) is 0 Å². The molecule has 1 heterocycles. The average molecular weight is 319 g/mol. The molecule has 0 bridgehead atoms. The summed E-state index contributed by atoms with van der Waals surface area (Å²) in [4.78, 5) is 0. The van der Waals surface area contributed by atoms with E-state index in [2.05, 4.69) is 28.7 Å². The molecular formula is C10H10INOS. The molecule has 2 N–H and O–H groups in total. The van der Waals surface area contributed by atoms with Crippen LogP contribution >= 0.6 is 33.9 Å². The number of anilines is 1. The Balaban J connectivity index is 2.63. The van der Waals surface area contributed by atoms with Gasteiger partial charge in [0.1, 0.15) is 0 Å². The standard InChI is InChI=1S/C10H10INOS/c1-2-13-9-5-6-7(11)3-4-8(12)10(6)14-9/h3-5H,2,12H2,1H3. The number of hydrogen-bond donors (Lipinski definition) is 1. The summed E-state index contributed by atoms with van der Waals surface area (Å²) >= 11 is 3.92. The van der Waals surface area contributed by atoms with Gasteiger partial charge < -0.3 is 10.5 Å². The third kappa shape index (κ3) is 1.68. The molecule has 4 heteroatoms. The van der Waals surface area contributed by atoms with E-state index in [9.17, 15) is 0 Å². The van der Waals surface area contributed by atoms with Crippen molar-refractivity contribution < 1.29 is 4.74 Å². The van der Waals surface area contributed by atoms with Crippen molar-refractivity contribution in [1.82, 2.24) is 0 Å². The van der Waals surface area contributed by atoms with E-state index >= 15 is 0 Å². The van der Waals surface area contributed by atoms with Crippen molar-refractivity contribution in [3.63, 3.8) is 0 Å². The highest BCUT2D eigenvalue weighted by molar-refractivity contribution is 14.1. The molecule has 14 heavy (non-hydrogen) atoms. The van der Waals surface area contributed by atoms with Crippen molar-refractivity contribution >= 4 is 49.7 Å².